The lowest BCUT2D eigenvalue weighted by molar-refractivity contribution is -0.359. The van der Waals surface area contributed by atoms with E-state index in [0.29, 0.717) is 31.6 Å². The molecule has 1 aliphatic heterocycles. The average Bonchev–Trinajstić information content (AvgIpc) is 3.06. The van der Waals surface area contributed by atoms with Crippen molar-refractivity contribution in [1.29, 1.82) is 0 Å². The first-order valence-electron chi connectivity index (χ1n) is 14.7. The third-order valence-electron chi connectivity index (χ3n) is 7.66. The molecule has 0 amide bonds. The molecule has 7 heteroatoms. The van der Waals surface area contributed by atoms with Crippen LogP contribution in [-0.4, -0.2) is 47.2 Å². The molecular weight excluding hydrogens is 608 g/mol. The van der Waals surface area contributed by atoms with Gasteiger partial charge in [0, 0.05) is 5.33 Å². The van der Waals surface area contributed by atoms with E-state index in [2.05, 4.69) is 15.9 Å². The van der Waals surface area contributed by atoms with Gasteiger partial charge >= 0.3 is 0 Å². The first kappa shape index (κ1) is 31.5. The van der Waals surface area contributed by atoms with Crippen LogP contribution in [0, 0.1) is 0 Å². The van der Waals surface area contributed by atoms with Crippen molar-refractivity contribution >= 4 is 15.9 Å². The number of ether oxygens (including phenoxy) is 5. The number of benzene rings is 4. The molecule has 1 fully saturated rings. The number of aliphatic hydroxyl groups excluding tert-OH is 1. The summed E-state index contributed by atoms with van der Waals surface area (Å²) in [5.74, 6) is 0. The molecule has 1 heterocycles. The minimum Gasteiger partial charge on any atom is -0.374 e. The molecule has 5 rings (SSSR count). The van der Waals surface area contributed by atoms with Crippen LogP contribution in [0.25, 0.3) is 0 Å². The van der Waals surface area contributed by atoms with E-state index < -0.39 is 30.2 Å². The van der Waals surface area contributed by atoms with Crippen molar-refractivity contribution in [3.05, 3.63) is 144 Å². The Morgan fingerprint density at radius 3 is 1.60 bits per heavy atom. The molecule has 1 aliphatic rings. The summed E-state index contributed by atoms with van der Waals surface area (Å²) in [6.07, 6.45) is -2.73. The molecule has 4 aromatic rings. The Balaban J connectivity index is 1.45. The topological polar surface area (TPSA) is 66.4 Å². The Morgan fingerprint density at radius 1 is 0.628 bits per heavy atom. The highest BCUT2D eigenvalue weighted by Crippen LogP contribution is 2.40. The van der Waals surface area contributed by atoms with E-state index in [9.17, 15) is 5.11 Å². The first-order valence-corrected chi connectivity index (χ1v) is 15.8. The third kappa shape index (κ3) is 8.61. The molecule has 0 bridgehead atoms. The van der Waals surface area contributed by atoms with Crippen LogP contribution in [0.5, 0.6) is 0 Å². The second-order valence-corrected chi connectivity index (χ2v) is 11.5. The van der Waals surface area contributed by atoms with Gasteiger partial charge in [0.15, 0.2) is 6.29 Å². The summed E-state index contributed by atoms with van der Waals surface area (Å²) in [6, 6.07) is 39.9. The Morgan fingerprint density at radius 2 is 1.09 bits per heavy atom. The van der Waals surface area contributed by atoms with Crippen LogP contribution < -0.4 is 0 Å². The SMILES string of the molecule is OC1O[C@H](COCc2ccccc2)[C@@H](OCc2ccccc2)[C@H](OCc2ccccc2)[C@@]1(CCBr)OCc1ccccc1. The second kappa shape index (κ2) is 16.3. The minimum atomic E-state index is -1.28. The molecule has 0 aromatic heterocycles. The van der Waals surface area contributed by atoms with E-state index in [1.54, 1.807) is 0 Å². The lowest BCUT2D eigenvalue weighted by atomic mass is 9.83. The van der Waals surface area contributed by atoms with Crippen molar-refractivity contribution in [2.45, 2.75) is 63.1 Å². The Bertz CT molecular complexity index is 1330. The van der Waals surface area contributed by atoms with Gasteiger partial charge in [0.1, 0.15) is 23.9 Å². The van der Waals surface area contributed by atoms with Gasteiger partial charge in [-0.05, 0) is 28.7 Å². The lowest BCUT2D eigenvalue weighted by Crippen LogP contribution is -2.69. The zero-order chi connectivity index (χ0) is 29.7. The largest absolute Gasteiger partial charge is 0.374 e. The van der Waals surface area contributed by atoms with Crippen LogP contribution in [0.15, 0.2) is 121 Å². The predicted molar refractivity (Wildman–Crippen MR) is 169 cm³/mol. The number of aliphatic hydroxyl groups is 1. The van der Waals surface area contributed by atoms with E-state index in [-0.39, 0.29) is 13.2 Å². The van der Waals surface area contributed by atoms with Crippen LogP contribution in [0.1, 0.15) is 28.7 Å². The van der Waals surface area contributed by atoms with Gasteiger partial charge in [-0.25, -0.2) is 0 Å². The zero-order valence-corrected chi connectivity index (χ0v) is 25.8. The minimum absolute atomic E-state index is 0.208. The molecular formula is C36H39BrO6. The molecule has 0 radical (unpaired) electrons. The monoisotopic (exact) mass is 646 g/mol. The number of rotatable bonds is 15. The molecule has 1 saturated heterocycles. The smallest absolute Gasteiger partial charge is 0.187 e. The molecule has 1 unspecified atom stereocenters. The number of hydrogen-bond acceptors (Lipinski definition) is 6. The third-order valence-corrected chi connectivity index (χ3v) is 8.05. The van der Waals surface area contributed by atoms with E-state index in [1.165, 1.54) is 0 Å². The summed E-state index contributed by atoms with van der Waals surface area (Å²) < 4.78 is 32.5. The molecule has 0 aliphatic carbocycles. The molecule has 43 heavy (non-hydrogen) atoms. The Labute approximate surface area is 262 Å². The maximum Gasteiger partial charge on any atom is 0.187 e. The van der Waals surface area contributed by atoms with E-state index in [4.69, 9.17) is 23.7 Å². The first-order chi connectivity index (χ1) is 21.2. The van der Waals surface area contributed by atoms with Gasteiger partial charge in [-0.1, -0.05) is 137 Å². The zero-order valence-electron chi connectivity index (χ0n) is 24.2. The van der Waals surface area contributed by atoms with Crippen LogP contribution in [0.2, 0.25) is 0 Å². The maximum atomic E-state index is 11.7. The summed E-state index contributed by atoms with van der Waals surface area (Å²) in [5, 5.41) is 12.3. The molecule has 6 nitrogen and oxygen atoms in total. The van der Waals surface area contributed by atoms with Gasteiger partial charge in [-0.2, -0.15) is 0 Å². The summed E-state index contributed by atoms with van der Waals surface area (Å²) in [7, 11) is 0. The predicted octanol–water partition coefficient (Wildman–Crippen LogP) is 6.83. The number of alkyl halides is 1. The van der Waals surface area contributed by atoms with Gasteiger partial charge in [0.05, 0.1) is 33.0 Å². The normalized spacial score (nSPS) is 23.7. The molecule has 226 valence electrons. The Kier molecular flexibility index (Phi) is 11.9. The van der Waals surface area contributed by atoms with Crippen LogP contribution in [-0.2, 0) is 50.1 Å². The fraction of sp³-hybridized carbons (Fsp3) is 0.333. The van der Waals surface area contributed by atoms with Crippen LogP contribution in [0.3, 0.4) is 0 Å². The molecule has 1 N–H and O–H groups in total. The van der Waals surface area contributed by atoms with Crippen LogP contribution >= 0.6 is 15.9 Å². The van der Waals surface area contributed by atoms with E-state index in [0.717, 1.165) is 22.3 Å². The van der Waals surface area contributed by atoms with Gasteiger partial charge < -0.3 is 28.8 Å². The molecule has 5 atom stereocenters. The van der Waals surface area contributed by atoms with E-state index >= 15 is 0 Å². The summed E-state index contributed by atoms with van der Waals surface area (Å²) >= 11 is 3.61. The highest BCUT2D eigenvalue weighted by molar-refractivity contribution is 9.09. The molecule has 0 saturated carbocycles. The van der Waals surface area contributed by atoms with Crippen molar-refractivity contribution in [2.75, 3.05) is 11.9 Å². The Hall–Kier alpha value is -2.88. The quantitative estimate of drug-likeness (QED) is 0.143. The lowest BCUT2D eigenvalue weighted by Gasteiger charge is -2.52. The summed E-state index contributed by atoms with van der Waals surface area (Å²) in [4.78, 5) is 0. The van der Waals surface area contributed by atoms with Gasteiger partial charge in [0.25, 0.3) is 0 Å². The fourth-order valence-corrected chi connectivity index (χ4v) is 5.98. The highest BCUT2D eigenvalue weighted by atomic mass is 79.9. The van der Waals surface area contributed by atoms with Gasteiger partial charge in [-0.3, -0.25) is 0 Å². The average molecular weight is 648 g/mol. The summed E-state index contributed by atoms with van der Waals surface area (Å²) in [5.41, 5.74) is 2.86. The maximum absolute atomic E-state index is 11.7. The highest BCUT2D eigenvalue weighted by Gasteiger charge is 2.58. The summed E-state index contributed by atoms with van der Waals surface area (Å²) in [6.45, 7) is 1.56. The van der Waals surface area contributed by atoms with Crippen molar-refractivity contribution in [1.82, 2.24) is 0 Å². The van der Waals surface area contributed by atoms with Gasteiger partial charge in [0.2, 0.25) is 0 Å². The molecule has 4 aromatic carbocycles. The molecule has 0 spiro atoms. The van der Waals surface area contributed by atoms with E-state index in [1.807, 2.05) is 121 Å². The van der Waals surface area contributed by atoms with Crippen LogP contribution in [0.4, 0.5) is 0 Å². The number of hydrogen-bond donors (Lipinski definition) is 1. The second-order valence-electron chi connectivity index (χ2n) is 10.7. The van der Waals surface area contributed by atoms with Crippen molar-refractivity contribution in [2.24, 2.45) is 0 Å². The van der Waals surface area contributed by atoms with Crippen molar-refractivity contribution < 1.29 is 28.8 Å². The fourth-order valence-electron chi connectivity index (χ4n) is 5.36. The van der Waals surface area contributed by atoms with Crippen molar-refractivity contribution in [3.63, 3.8) is 0 Å². The van der Waals surface area contributed by atoms with Crippen molar-refractivity contribution in [3.8, 4) is 0 Å². The van der Waals surface area contributed by atoms with Gasteiger partial charge in [-0.15, -0.1) is 0 Å². The standard InChI is InChI=1S/C36H39BrO6/c37-22-21-36(42-26-31-19-11-4-12-20-31)34(41-25-30-17-9-3-10-18-30)33(40-24-29-15-7-2-8-16-29)32(43-35(36)38)27-39-23-28-13-5-1-6-14-28/h1-20,32-35,38H,21-27H2/t32-,33-,34+,35?,36-/m1/s1. The number of halogens is 1.